The van der Waals surface area contributed by atoms with Crippen molar-refractivity contribution >= 4 is 27.5 Å². The number of carbonyl (C=O) groups is 2. The number of nitrogens with one attached hydrogen (secondary N) is 1. The molecule has 224 valence electrons. The maximum absolute atomic E-state index is 13.7. The molecule has 1 N–H and O–H groups in total. The summed E-state index contributed by atoms with van der Waals surface area (Å²) in [6, 6.07) is 12.5. The number of anilines is 1. The molecule has 2 amide bonds. The number of hydrogen-bond donors (Lipinski definition) is 1. The van der Waals surface area contributed by atoms with Crippen LogP contribution in [0.5, 0.6) is 11.5 Å². The van der Waals surface area contributed by atoms with Gasteiger partial charge in [-0.1, -0.05) is 56.0 Å². The number of ether oxygens (including phenoxy) is 2. The molecule has 41 heavy (non-hydrogen) atoms. The first-order valence-electron chi connectivity index (χ1n) is 14.7. The van der Waals surface area contributed by atoms with Crippen LogP contribution in [-0.4, -0.2) is 63.2 Å². The Morgan fingerprint density at radius 2 is 1.68 bits per heavy atom. The van der Waals surface area contributed by atoms with E-state index in [1.165, 1.54) is 10.7 Å². The zero-order chi connectivity index (χ0) is 29.4. The van der Waals surface area contributed by atoms with E-state index < -0.39 is 16.1 Å². The van der Waals surface area contributed by atoms with Crippen LogP contribution in [0.4, 0.5) is 5.69 Å². The molecule has 1 aliphatic carbocycles. The second-order valence-corrected chi connectivity index (χ2v) is 12.9. The number of sulfonamides is 1. The monoisotopic (exact) mass is 585 g/mol. The molecule has 0 spiro atoms. The van der Waals surface area contributed by atoms with Crippen molar-refractivity contribution in [2.75, 3.05) is 30.3 Å². The van der Waals surface area contributed by atoms with Gasteiger partial charge in [0.05, 0.1) is 11.9 Å². The molecule has 1 atom stereocenters. The molecule has 9 nitrogen and oxygen atoms in total. The van der Waals surface area contributed by atoms with Gasteiger partial charge < -0.3 is 19.7 Å². The van der Waals surface area contributed by atoms with Gasteiger partial charge in [0, 0.05) is 31.6 Å². The average molecular weight is 586 g/mol. The van der Waals surface area contributed by atoms with Crippen LogP contribution in [0.15, 0.2) is 42.5 Å². The molecule has 4 rings (SSSR count). The van der Waals surface area contributed by atoms with Crippen molar-refractivity contribution in [1.82, 2.24) is 10.2 Å². The number of carbonyl (C=O) groups excluding carboxylic acids is 2. The molecule has 10 heteroatoms. The largest absolute Gasteiger partial charge is 0.486 e. The fourth-order valence-electron chi connectivity index (χ4n) is 5.55. The number of nitrogens with zero attached hydrogens (tertiary/aromatic N) is 2. The maximum Gasteiger partial charge on any atom is 0.243 e. The third-order valence-corrected chi connectivity index (χ3v) is 8.97. The van der Waals surface area contributed by atoms with Gasteiger partial charge >= 0.3 is 0 Å². The van der Waals surface area contributed by atoms with Crippen molar-refractivity contribution in [1.29, 1.82) is 0 Å². The number of benzene rings is 2. The summed E-state index contributed by atoms with van der Waals surface area (Å²) in [6.45, 7) is 5.21. The van der Waals surface area contributed by atoms with Gasteiger partial charge in [-0.2, -0.15) is 0 Å². The predicted octanol–water partition coefficient (Wildman–Crippen LogP) is 4.57. The zero-order valence-corrected chi connectivity index (χ0v) is 25.3. The first kappa shape index (κ1) is 30.7. The lowest BCUT2D eigenvalue weighted by Crippen LogP contribution is -2.51. The predicted molar refractivity (Wildman–Crippen MR) is 160 cm³/mol. The Kier molecular flexibility index (Phi) is 10.5. The highest BCUT2D eigenvalue weighted by Gasteiger charge is 2.30. The maximum atomic E-state index is 13.7. The second-order valence-electron chi connectivity index (χ2n) is 11.0. The molecule has 1 saturated carbocycles. The highest BCUT2D eigenvalue weighted by Crippen LogP contribution is 2.35. The van der Waals surface area contributed by atoms with Gasteiger partial charge in [0.15, 0.2) is 11.5 Å². The highest BCUT2D eigenvalue weighted by molar-refractivity contribution is 7.92. The van der Waals surface area contributed by atoms with Crippen molar-refractivity contribution in [2.24, 2.45) is 0 Å². The summed E-state index contributed by atoms with van der Waals surface area (Å²) < 4.78 is 37.9. The van der Waals surface area contributed by atoms with E-state index in [4.69, 9.17) is 9.47 Å². The number of aryl methyl sites for hydroxylation is 1. The van der Waals surface area contributed by atoms with Crippen LogP contribution in [0.2, 0.25) is 0 Å². The van der Waals surface area contributed by atoms with Crippen molar-refractivity contribution in [3.63, 3.8) is 0 Å². The van der Waals surface area contributed by atoms with Gasteiger partial charge in [-0.15, -0.1) is 0 Å². The second kappa shape index (κ2) is 14.1. The van der Waals surface area contributed by atoms with Crippen molar-refractivity contribution < 1.29 is 27.5 Å². The highest BCUT2D eigenvalue weighted by atomic mass is 32.2. The fraction of sp³-hybridized carbons (Fsp3) is 0.548. The van der Waals surface area contributed by atoms with Crippen LogP contribution in [0.3, 0.4) is 0 Å². The Balaban J connectivity index is 1.48. The summed E-state index contributed by atoms with van der Waals surface area (Å²) in [4.78, 5) is 28.8. The third-order valence-electron chi connectivity index (χ3n) is 7.78. The van der Waals surface area contributed by atoms with E-state index >= 15 is 0 Å². The Labute approximate surface area is 244 Å². The number of amides is 2. The molecule has 0 radical (unpaired) electrons. The lowest BCUT2D eigenvalue weighted by Gasteiger charge is -2.33. The van der Waals surface area contributed by atoms with Gasteiger partial charge in [-0.25, -0.2) is 8.42 Å². The van der Waals surface area contributed by atoms with Crippen LogP contribution in [0.25, 0.3) is 0 Å². The zero-order valence-electron chi connectivity index (χ0n) is 24.4. The summed E-state index contributed by atoms with van der Waals surface area (Å²) in [7, 11) is -3.62. The molecular weight excluding hydrogens is 542 g/mol. The number of fused-ring (bicyclic) bond motifs is 1. The molecule has 1 heterocycles. The molecule has 0 aromatic heterocycles. The van der Waals surface area contributed by atoms with Gasteiger partial charge in [0.25, 0.3) is 0 Å². The van der Waals surface area contributed by atoms with E-state index in [1.807, 2.05) is 38.1 Å². The Morgan fingerprint density at radius 3 is 2.34 bits per heavy atom. The lowest BCUT2D eigenvalue weighted by molar-refractivity contribution is -0.141. The summed E-state index contributed by atoms with van der Waals surface area (Å²) in [6.07, 6.45) is 7.38. The van der Waals surface area contributed by atoms with Crippen LogP contribution in [0, 0.1) is 6.92 Å². The topological polar surface area (TPSA) is 105 Å². The molecular formula is C31H43N3O6S. The summed E-state index contributed by atoms with van der Waals surface area (Å²) >= 11 is 0. The van der Waals surface area contributed by atoms with Crippen molar-refractivity contribution in [3.05, 3.63) is 53.6 Å². The van der Waals surface area contributed by atoms with E-state index in [-0.39, 0.29) is 30.8 Å². The molecule has 2 aromatic rings. The summed E-state index contributed by atoms with van der Waals surface area (Å²) in [5.74, 6) is 0.783. The Bertz CT molecular complexity index is 1290. The standard InChI is InChI=1S/C31H43N3O6S/c1-4-27(31(36)32-25-9-6-5-7-10-25)33(22-24-14-12-23(2)13-15-24)30(35)11-8-18-34(41(3,37)38)26-16-17-28-29(21-26)40-20-19-39-28/h12-17,21,25,27H,4-11,18-20,22H2,1-3H3,(H,32,36). The number of hydrogen-bond acceptors (Lipinski definition) is 6. The van der Waals surface area contributed by atoms with E-state index in [9.17, 15) is 18.0 Å². The van der Waals surface area contributed by atoms with Gasteiger partial charge in [-0.3, -0.25) is 13.9 Å². The van der Waals surface area contributed by atoms with Crippen LogP contribution < -0.4 is 19.1 Å². The van der Waals surface area contributed by atoms with Crippen molar-refractivity contribution in [3.8, 4) is 11.5 Å². The van der Waals surface area contributed by atoms with Gasteiger partial charge in [-0.05, 0) is 50.3 Å². The van der Waals surface area contributed by atoms with Crippen LogP contribution >= 0.6 is 0 Å². The van der Waals surface area contributed by atoms with E-state index in [1.54, 1.807) is 23.1 Å². The molecule has 1 fully saturated rings. The number of rotatable bonds is 12. The van der Waals surface area contributed by atoms with Crippen LogP contribution in [-0.2, 0) is 26.2 Å². The molecule has 0 saturated heterocycles. The molecule has 0 bridgehead atoms. The molecule has 2 aliphatic rings. The quantitative estimate of drug-likeness (QED) is 0.391. The summed E-state index contributed by atoms with van der Waals surface area (Å²) in [5.41, 5.74) is 2.52. The minimum atomic E-state index is -3.62. The first-order valence-corrected chi connectivity index (χ1v) is 16.5. The molecule has 1 aliphatic heterocycles. The Morgan fingerprint density at radius 1 is 1.00 bits per heavy atom. The Hall–Kier alpha value is -3.27. The minimum Gasteiger partial charge on any atom is -0.486 e. The average Bonchev–Trinajstić information content (AvgIpc) is 2.95. The third kappa shape index (κ3) is 8.38. The normalized spacial score (nSPS) is 16.1. The van der Waals surface area contributed by atoms with Gasteiger partial charge in [0.1, 0.15) is 19.3 Å². The molecule has 1 unspecified atom stereocenters. The van der Waals surface area contributed by atoms with Crippen LogP contribution in [0.1, 0.15) is 69.4 Å². The van der Waals surface area contributed by atoms with E-state index in [0.29, 0.717) is 49.8 Å². The lowest BCUT2D eigenvalue weighted by atomic mass is 9.95. The van der Waals surface area contributed by atoms with E-state index in [0.717, 1.165) is 43.1 Å². The fourth-order valence-corrected chi connectivity index (χ4v) is 6.50. The molecule has 2 aromatic carbocycles. The summed E-state index contributed by atoms with van der Waals surface area (Å²) in [5, 5.41) is 3.20. The van der Waals surface area contributed by atoms with E-state index in [2.05, 4.69) is 5.32 Å². The smallest absolute Gasteiger partial charge is 0.243 e. The SMILES string of the molecule is CCC(C(=O)NC1CCCCC1)N(Cc1ccc(C)cc1)C(=O)CCCN(c1ccc2c(c1)OCCO2)S(C)(=O)=O. The first-order chi connectivity index (χ1) is 19.7. The van der Waals surface area contributed by atoms with Crippen molar-refractivity contribution in [2.45, 2.75) is 83.8 Å². The van der Waals surface area contributed by atoms with Gasteiger partial charge in [0.2, 0.25) is 21.8 Å². The minimum absolute atomic E-state index is 0.107.